The molecule has 100 valence electrons. The molecule has 2 N–H and O–H groups in total. The van der Waals surface area contributed by atoms with Crippen LogP contribution in [0.1, 0.15) is 0 Å². The largest absolute Gasteiger partial charge is 0.383 e. The Kier molecular flexibility index (Phi) is 3.20. The number of hydrogen-bond donors (Lipinski definition) is 1. The second-order valence-corrected chi connectivity index (χ2v) is 4.99. The number of aryl methyl sites for hydroxylation is 1. The van der Waals surface area contributed by atoms with Crippen molar-refractivity contribution in [2.45, 2.75) is 0 Å². The maximum atomic E-state index is 6.29. The molecule has 0 radical (unpaired) electrons. The van der Waals surface area contributed by atoms with E-state index < -0.39 is 0 Å². The molecule has 20 heavy (non-hydrogen) atoms. The lowest BCUT2D eigenvalue weighted by atomic mass is 10.0. The van der Waals surface area contributed by atoms with Gasteiger partial charge in [-0.15, -0.1) is 0 Å². The first-order chi connectivity index (χ1) is 9.68. The normalized spacial score (nSPS) is 10.7. The number of nitrogen functional groups attached to an aromatic ring is 1. The van der Waals surface area contributed by atoms with Gasteiger partial charge in [0.25, 0.3) is 0 Å². The summed E-state index contributed by atoms with van der Waals surface area (Å²) in [5.74, 6) is 0.631. The highest BCUT2D eigenvalue weighted by molar-refractivity contribution is 6.33. The van der Waals surface area contributed by atoms with Gasteiger partial charge in [-0.2, -0.15) is 5.10 Å². The van der Waals surface area contributed by atoms with Crippen LogP contribution in [0.2, 0.25) is 5.02 Å². The third kappa shape index (κ3) is 2.06. The fourth-order valence-corrected chi connectivity index (χ4v) is 2.49. The van der Waals surface area contributed by atoms with Crippen molar-refractivity contribution in [1.29, 1.82) is 0 Å². The Morgan fingerprint density at radius 3 is 2.35 bits per heavy atom. The van der Waals surface area contributed by atoms with E-state index in [-0.39, 0.29) is 0 Å². The molecule has 1 heterocycles. The van der Waals surface area contributed by atoms with Crippen molar-refractivity contribution in [3.63, 3.8) is 0 Å². The molecule has 1 aromatic heterocycles. The van der Waals surface area contributed by atoms with E-state index in [4.69, 9.17) is 17.3 Å². The highest BCUT2D eigenvalue weighted by Crippen LogP contribution is 2.38. The van der Waals surface area contributed by atoms with Crippen LogP contribution in [0.25, 0.3) is 22.4 Å². The second kappa shape index (κ2) is 5.02. The van der Waals surface area contributed by atoms with E-state index in [0.717, 1.165) is 22.4 Å². The van der Waals surface area contributed by atoms with Gasteiger partial charge in [0.15, 0.2) is 0 Å². The SMILES string of the molecule is Cn1nc(-c2ccccc2Cl)c(-c2ccccc2)c1N. The Bertz CT molecular complexity index is 748. The van der Waals surface area contributed by atoms with Crippen LogP contribution in [0, 0.1) is 0 Å². The highest BCUT2D eigenvalue weighted by Gasteiger charge is 2.18. The average molecular weight is 284 g/mol. The van der Waals surface area contributed by atoms with Crippen LogP contribution >= 0.6 is 11.6 Å². The molecule has 0 bridgehead atoms. The van der Waals surface area contributed by atoms with Crippen molar-refractivity contribution >= 4 is 17.4 Å². The summed E-state index contributed by atoms with van der Waals surface area (Å²) in [6.45, 7) is 0. The zero-order valence-electron chi connectivity index (χ0n) is 11.0. The summed E-state index contributed by atoms with van der Waals surface area (Å²) in [5.41, 5.74) is 9.83. The van der Waals surface area contributed by atoms with Gasteiger partial charge in [-0.25, -0.2) is 0 Å². The number of nitrogens with two attached hydrogens (primary N) is 1. The number of aromatic nitrogens is 2. The van der Waals surface area contributed by atoms with Gasteiger partial charge in [-0.1, -0.05) is 60.1 Å². The van der Waals surface area contributed by atoms with Crippen molar-refractivity contribution < 1.29 is 0 Å². The maximum Gasteiger partial charge on any atom is 0.129 e. The van der Waals surface area contributed by atoms with Gasteiger partial charge in [0.2, 0.25) is 0 Å². The molecule has 0 aliphatic rings. The van der Waals surface area contributed by atoms with Gasteiger partial charge in [0, 0.05) is 12.6 Å². The molecule has 0 unspecified atom stereocenters. The lowest BCUT2D eigenvalue weighted by Gasteiger charge is -2.05. The number of anilines is 1. The van der Waals surface area contributed by atoms with Gasteiger partial charge in [0.05, 0.1) is 10.6 Å². The Morgan fingerprint density at radius 1 is 1.00 bits per heavy atom. The molecule has 0 aliphatic heterocycles. The molecule has 0 amide bonds. The van der Waals surface area contributed by atoms with Crippen LogP contribution in [-0.4, -0.2) is 9.78 Å². The summed E-state index contributed by atoms with van der Waals surface area (Å²) in [5, 5.41) is 5.19. The summed E-state index contributed by atoms with van der Waals surface area (Å²) in [6, 6.07) is 17.7. The molecule has 0 spiro atoms. The minimum absolute atomic E-state index is 0.631. The summed E-state index contributed by atoms with van der Waals surface area (Å²) in [7, 11) is 1.84. The topological polar surface area (TPSA) is 43.8 Å². The predicted octanol–water partition coefficient (Wildman–Crippen LogP) is 3.99. The van der Waals surface area contributed by atoms with Gasteiger partial charge in [-0.3, -0.25) is 4.68 Å². The smallest absolute Gasteiger partial charge is 0.129 e. The summed E-state index contributed by atoms with van der Waals surface area (Å²) >= 11 is 6.29. The quantitative estimate of drug-likeness (QED) is 0.773. The second-order valence-electron chi connectivity index (χ2n) is 4.58. The molecule has 3 nitrogen and oxygen atoms in total. The van der Waals surface area contributed by atoms with Crippen molar-refractivity contribution in [3.8, 4) is 22.4 Å². The van der Waals surface area contributed by atoms with E-state index in [2.05, 4.69) is 5.10 Å². The minimum atomic E-state index is 0.631. The van der Waals surface area contributed by atoms with Crippen LogP contribution in [0.3, 0.4) is 0 Å². The van der Waals surface area contributed by atoms with Crippen molar-refractivity contribution in [3.05, 3.63) is 59.6 Å². The molecule has 2 aromatic carbocycles. The van der Waals surface area contributed by atoms with Crippen molar-refractivity contribution in [2.75, 3.05) is 5.73 Å². The first kappa shape index (κ1) is 12.8. The van der Waals surface area contributed by atoms with E-state index in [1.807, 2.05) is 61.6 Å². The third-order valence-corrected chi connectivity index (χ3v) is 3.61. The van der Waals surface area contributed by atoms with Gasteiger partial charge < -0.3 is 5.73 Å². The minimum Gasteiger partial charge on any atom is -0.383 e. The van der Waals surface area contributed by atoms with Crippen LogP contribution in [0.4, 0.5) is 5.82 Å². The van der Waals surface area contributed by atoms with Crippen molar-refractivity contribution in [1.82, 2.24) is 9.78 Å². The Morgan fingerprint density at radius 2 is 1.65 bits per heavy atom. The molecule has 0 saturated heterocycles. The number of hydrogen-bond acceptors (Lipinski definition) is 2. The zero-order chi connectivity index (χ0) is 14.1. The molecule has 4 heteroatoms. The molecule has 3 rings (SSSR count). The standard InChI is InChI=1S/C16H14ClN3/c1-20-16(18)14(11-7-3-2-4-8-11)15(19-20)12-9-5-6-10-13(12)17/h2-10H,18H2,1H3. The number of benzene rings is 2. The van der Waals surface area contributed by atoms with E-state index in [1.54, 1.807) is 4.68 Å². The summed E-state index contributed by atoms with van der Waals surface area (Å²) in [4.78, 5) is 0. The molecule has 0 atom stereocenters. The lowest BCUT2D eigenvalue weighted by Crippen LogP contribution is -1.97. The molecule has 0 fully saturated rings. The summed E-state index contributed by atoms with van der Waals surface area (Å²) < 4.78 is 1.68. The monoisotopic (exact) mass is 283 g/mol. The summed E-state index contributed by atoms with van der Waals surface area (Å²) in [6.07, 6.45) is 0. The molecule has 0 aliphatic carbocycles. The Hall–Kier alpha value is -2.26. The Labute approximate surface area is 122 Å². The van der Waals surface area contributed by atoms with Crippen LogP contribution in [-0.2, 0) is 7.05 Å². The van der Waals surface area contributed by atoms with Gasteiger partial charge >= 0.3 is 0 Å². The zero-order valence-corrected chi connectivity index (χ0v) is 11.8. The van der Waals surface area contributed by atoms with E-state index in [9.17, 15) is 0 Å². The predicted molar refractivity (Wildman–Crippen MR) is 83.5 cm³/mol. The first-order valence-electron chi connectivity index (χ1n) is 6.31. The van der Waals surface area contributed by atoms with Gasteiger partial charge in [0.1, 0.15) is 11.5 Å². The first-order valence-corrected chi connectivity index (χ1v) is 6.69. The average Bonchev–Trinajstić information content (AvgIpc) is 2.76. The maximum absolute atomic E-state index is 6.29. The fraction of sp³-hybridized carbons (Fsp3) is 0.0625. The molecule has 3 aromatic rings. The van der Waals surface area contributed by atoms with Gasteiger partial charge in [-0.05, 0) is 11.6 Å². The van der Waals surface area contributed by atoms with Crippen molar-refractivity contribution in [2.24, 2.45) is 7.05 Å². The number of halogens is 1. The molecular formula is C16H14ClN3. The van der Waals surface area contributed by atoms with E-state index in [0.29, 0.717) is 10.8 Å². The molecule has 0 saturated carbocycles. The Balaban J connectivity index is 2.28. The van der Waals surface area contributed by atoms with Crippen LogP contribution < -0.4 is 5.73 Å². The van der Waals surface area contributed by atoms with E-state index >= 15 is 0 Å². The van der Waals surface area contributed by atoms with Crippen LogP contribution in [0.5, 0.6) is 0 Å². The van der Waals surface area contributed by atoms with E-state index in [1.165, 1.54) is 0 Å². The number of rotatable bonds is 2. The lowest BCUT2D eigenvalue weighted by molar-refractivity contribution is 0.782. The third-order valence-electron chi connectivity index (χ3n) is 3.28. The molecular weight excluding hydrogens is 270 g/mol. The fourth-order valence-electron chi connectivity index (χ4n) is 2.27. The van der Waals surface area contributed by atoms with Crippen LogP contribution in [0.15, 0.2) is 54.6 Å². The number of nitrogens with zero attached hydrogens (tertiary/aromatic N) is 2. The highest BCUT2D eigenvalue weighted by atomic mass is 35.5.